The number of rotatable bonds is 5. The first-order valence-electron chi connectivity index (χ1n) is 6.54. The highest BCUT2D eigenvalue weighted by Crippen LogP contribution is 2.09. The Morgan fingerprint density at radius 3 is 2.76 bits per heavy atom. The molecule has 0 fully saturated rings. The normalized spacial score (nSPS) is 11.4. The lowest BCUT2D eigenvalue weighted by atomic mass is 10.2. The van der Waals surface area contributed by atoms with Crippen molar-refractivity contribution in [1.29, 1.82) is 0 Å². The first-order chi connectivity index (χ1) is 9.81. The Balaban J connectivity index is 2.52. The molecule has 0 bridgehead atoms. The Morgan fingerprint density at radius 1 is 1.43 bits per heavy atom. The van der Waals surface area contributed by atoms with Crippen molar-refractivity contribution in [2.45, 2.75) is 39.3 Å². The van der Waals surface area contributed by atoms with Crippen LogP contribution in [0.15, 0.2) is 12.3 Å². The van der Waals surface area contributed by atoms with E-state index in [1.165, 1.54) is 7.11 Å². The van der Waals surface area contributed by atoms with Gasteiger partial charge in [0.25, 0.3) is 0 Å². The van der Waals surface area contributed by atoms with Crippen molar-refractivity contribution in [2.75, 3.05) is 7.11 Å². The van der Waals surface area contributed by atoms with Gasteiger partial charge in [0.1, 0.15) is 5.60 Å². The van der Waals surface area contributed by atoms with Gasteiger partial charge in [-0.3, -0.25) is 9.89 Å². The van der Waals surface area contributed by atoms with Crippen LogP contribution in [0.3, 0.4) is 0 Å². The number of hydrogen-bond donors (Lipinski definition) is 2. The lowest BCUT2D eigenvalue weighted by Crippen LogP contribution is -2.32. The number of amides is 1. The van der Waals surface area contributed by atoms with Crippen LogP contribution in [-0.4, -0.2) is 35.0 Å². The summed E-state index contributed by atoms with van der Waals surface area (Å²) in [6, 6.07) is 0. The van der Waals surface area contributed by atoms with Crippen LogP contribution in [0.25, 0.3) is 6.08 Å². The maximum absolute atomic E-state index is 11.6. The molecule has 1 aromatic heterocycles. The molecule has 0 atom stereocenters. The van der Waals surface area contributed by atoms with Crippen LogP contribution < -0.4 is 5.32 Å². The highest BCUT2D eigenvalue weighted by Gasteiger charge is 2.16. The molecule has 7 heteroatoms. The number of ether oxygens (including phenoxy) is 2. The molecule has 2 N–H and O–H groups in total. The summed E-state index contributed by atoms with van der Waals surface area (Å²) in [5, 5.41) is 9.39. The van der Waals surface area contributed by atoms with Gasteiger partial charge in [-0.05, 0) is 26.8 Å². The van der Waals surface area contributed by atoms with E-state index in [1.54, 1.807) is 39.1 Å². The molecule has 1 aromatic rings. The van der Waals surface area contributed by atoms with Crippen molar-refractivity contribution in [3.63, 3.8) is 0 Å². The molecule has 0 saturated heterocycles. The SMILES string of the molecule is COC(=O)CC=Cc1n[nH]cc1CNC(=O)OC(C)(C)C. The summed E-state index contributed by atoms with van der Waals surface area (Å²) in [6.07, 6.45) is 4.70. The zero-order chi connectivity index (χ0) is 15.9. The second kappa shape index (κ2) is 7.47. The summed E-state index contributed by atoms with van der Waals surface area (Å²) in [4.78, 5) is 22.6. The standard InChI is InChI=1S/C14H21N3O4/c1-14(2,3)21-13(19)15-8-10-9-16-17-11(10)6-5-7-12(18)20-4/h5-6,9H,7-8H2,1-4H3,(H,15,19)(H,16,17). The Morgan fingerprint density at radius 2 is 2.14 bits per heavy atom. The Labute approximate surface area is 123 Å². The van der Waals surface area contributed by atoms with Gasteiger partial charge in [0.15, 0.2) is 0 Å². The number of hydrogen-bond acceptors (Lipinski definition) is 5. The highest BCUT2D eigenvalue weighted by atomic mass is 16.6. The van der Waals surface area contributed by atoms with Crippen LogP contribution in [0.5, 0.6) is 0 Å². The van der Waals surface area contributed by atoms with Crippen LogP contribution in [0.1, 0.15) is 38.4 Å². The molecule has 1 amide bonds. The fourth-order valence-corrected chi connectivity index (χ4v) is 1.44. The number of aromatic nitrogens is 2. The van der Waals surface area contributed by atoms with Crippen molar-refractivity contribution in [3.8, 4) is 0 Å². The Bertz CT molecular complexity index is 515. The number of nitrogens with one attached hydrogen (secondary N) is 2. The van der Waals surface area contributed by atoms with E-state index < -0.39 is 11.7 Å². The van der Waals surface area contributed by atoms with Gasteiger partial charge in [0, 0.05) is 18.3 Å². The number of H-pyrrole nitrogens is 1. The molecule has 0 saturated carbocycles. The van der Waals surface area contributed by atoms with Crippen LogP contribution in [0.4, 0.5) is 4.79 Å². The second-order valence-corrected chi connectivity index (χ2v) is 5.33. The van der Waals surface area contributed by atoms with Gasteiger partial charge in [-0.25, -0.2) is 4.79 Å². The summed E-state index contributed by atoms with van der Waals surface area (Å²) in [5.74, 6) is -0.324. The fraction of sp³-hybridized carbons (Fsp3) is 0.500. The summed E-state index contributed by atoms with van der Waals surface area (Å²) in [5.41, 5.74) is 0.904. The van der Waals surface area contributed by atoms with Crippen LogP contribution in [0.2, 0.25) is 0 Å². The molecule has 1 rings (SSSR count). The minimum absolute atomic E-state index is 0.169. The molecule has 0 aliphatic heterocycles. The molecular formula is C14H21N3O4. The van der Waals surface area contributed by atoms with Crippen molar-refractivity contribution >= 4 is 18.1 Å². The topological polar surface area (TPSA) is 93.3 Å². The molecule has 1 heterocycles. The quantitative estimate of drug-likeness (QED) is 0.810. The van der Waals surface area contributed by atoms with Crippen molar-refractivity contribution < 1.29 is 19.1 Å². The number of alkyl carbamates (subject to hydrolysis) is 1. The molecule has 21 heavy (non-hydrogen) atoms. The van der Waals surface area contributed by atoms with Crippen LogP contribution >= 0.6 is 0 Å². The van der Waals surface area contributed by atoms with Gasteiger partial charge >= 0.3 is 12.1 Å². The zero-order valence-corrected chi connectivity index (χ0v) is 12.7. The molecular weight excluding hydrogens is 274 g/mol. The predicted octanol–water partition coefficient (Wildman–Crippen LogP) is 2.01. The average Bonchev–Trinajstić information content (AvgIpc) is 2.81. The first-order valence-corrected chi connectivity index (χ1v) is 6.54. The van der Waals surface area contributed by atoms with E-state index in [2.05, 4.69) is 20.3 Å². The number of carbonyl (C=O) groups excluding carboxylic acids is 2. The summed E-state index contributed by atoms with van der Waals surface area (Å²) < 4.78 is 9.68. The van der Waals surface area contributed by atoms with Crippen molar-refractivity contribution in [3.05, 3.63) is 23.5 Å². The number of esters is 1. The van der Waals surface area contributed by atoms with Gasteiger partial charge in [-0.15, -0.1) is 0 Å². The van der Waals surface area contributed by atoms with Crippen molar-refractivity contribution in [2.24, 2.45) is 0 Å². The minimum Gasteiger partial charge on any atom is -0.469 e. The van der Waals surface area contributed by atoms with E-state index in [0.29, 0.717) is 5.69 Å². The molecule has 7 nitrogen and oxygen atoms in total. The van der Waals surface area contributed by atoms with E-state index in [9.17, 15) is 9.59 Å². The van der Waals surface area contributed by atoms with Gasteiger partial charge in [-0.1, -0.05) is 6.08 Å². The van der Waals surface area contributed by atoms with Crippen LogP contribution in [0, 0.1) is 0 Å². The monoisotopic (exact) mass is 295 g/mol. The molecule has 0 radical (unpaired) electrons. The molecule has 0 aromatic carbocycles. The van der Waals surface area contributed by atoms with E-state index in [1.807, 2.05) is 0 Å². The van der Waals surface area contributed by atoms with E-state index in [4.69, 9.17) is 4.74 Å². The first kappa shape index (κ1) is 16.7. The van der Waals surface area contributed by atoms with Crippen molar-refractivity contribution in [1.82, 2.24) is 15.5 Å². The molecule has 0 spiro atoms. The van der Waals surface area contributed by atoms with E-state index in [0.717, 1.165) is 5.56 Å². The van der Waals surface area contributed by atoms with Gasteiger partial charge in [0.2, 0.25) is 0 Å². The molecule has 0 aliphatic rings. The van der Waals surface area contributed by atoms with E-state index >= 15 is 0 Å². The number of aromatic amines is 1. The number of nitrogens with zero attached hydrogens (tertiary/aromatic N) is 1. The fourth-order valence-electron chi connectivity index (χ4n) is 1.44. The maximum atomic E-state index is 11.6. The third kappa shape index (κ3) is 6.60. The van der Waals surface area contributed by atoms with E-state index in [-0.39, 0.29) is 18.9 Å². The molecule has 0 aliphatic carbocycles. The zero-order valence-electron chi connectivity index (χ0n) is 12.7. The number of carbonyl (C=O) groups is 2. The lowest BCUT2D eigenvalue weighted by molar-refractivity contribution is -0.139. The largest absolute Gasteiger partial charge is 0.469 e. The third-order valence-electron chi connectivity index (χ3n) is 2.36. The summed E-state index contributed by atoms with van der Waals surface area (Å²) in [6.45, 7) is 5.67. The number of methoxy groups -OCH3 is 1. The maximum Gasteiger partial charge on any atom is 0.407 e. The average molecular weight is 295 g/mol. The summed E-state index contributed by atoms with van der Waals surface area (Å²) >= 11 is 0. The highest BCUT2D eigenvalue weighted by molar-refractivity contribution is 5.72. The second-order valence-electron chi connectivity index (χ2n) is 5.33. The predicted molar refractivity (Wildman–Crippen MR) is 77.3 cm³/mol. The lowest BCUT2D eigenvalue weighted by Gasteiger charge is -2.19. The van der Waals surface area contributed by atoms with Gasteiger partial charge < -0.3 is 14.8 Å². The Kier molecular flexibility index (Phi) is 5.95. The Hall–Kier alpha value is -2.31. The van der Waals surface area contributed by atoms with Crippen LogP contribution in [-0.2, 0) is 20.8 Å². The molecule has 0 unspecified atom stereocenters. The summed E-state index contributed by atoms with van der Waals surface area (Å²) in [7, 11) is 1.33. The van der Waals surface area contributed by atoms with Gasteiger partial charge in [0.05, 0.1) is 19.2 Å². The molecule has 116 valence electrons. The smallest absolute Gasteiger partial charge is 0.407 e. The minimum atomic E-state index is -0.538. The third-order valence-corrected chi connectivity index (χ3v) is 2.36. The van der Waals surface area contributed by atoms with Gasteiger partial charge in [-0.2, -0.15) is 5.10 Å².